The molecule has 0 fully saturated rings. The molecular formula is C16H15NO2. The van der Waals surface area contributed by atoms with E-state index < -0.39 is 0 Å². The summed E-state index contributed by atoms with van der Waals surface area (Å²) >= 11 is 0. The fourth-order valence-electron chi connectivity index (χ4n) is 2.08. The first kappa shape index (κ1) is 11.8. The normalized spacial score (nSPS) is 10.8. The quantitative estimate of drug-likeness (QED) is 0.749. The van der Waals surface area contributed by atoms with Gasteiger partial charge in [-0.3, -0.25) is 0 Å². The van der Waals surface area contributed by atoms with Crippen molar-refractivity contribution in [3.63, 3.8) is 0 Å². The van der Waals surface area contributed by atoms with Crippen molar-refractivity contribution in [1.29, 1.82) is 0 Å². The van der Waals surface area contributed by atoms with E-state index >= 15 is 0 Å². The standard InChI is InChI=1S/C16H15NO2/c18-10-14-8-13-6-7-15(9-16(13)17-14)19-11-12-4-2-1-3-5-12/h1-9,17-18H,10-11H2. The first-order chi connectivity index (χ1) is 9.35. The van der Waals surface area contributed by atoms with Gasteiger partial charge in [-0.1, -0.05) is 30.3 Å². The molecule has 96 valence electrons. The van der Waals surface area contributed by atoms with Gasteiger partial charge in [0.25, 0.3) is 0 Å². The molecule has 0 aliphatic rings. The molecule has 0 saturated heterocycles. The van der Waals surface area contributed by atoms with Crippen molar-refractivity contribution < 1.29 is 9.84 Å². The van der Waals surface area contributed by atoms with Crippen LogP contribution < -0.4 is 4.74 Å². The maximum absolute atomic E-state index is 9.10. The maximum atomic E-state index is 9.10. The van der Waals surface area contributed by atoms with Gasteiger partial charge in [0.05, 0.1) is 6.61 Å². The highest BCUT2D eigenvalue weighted by atomic mass is 16.5. The molecule has 2 N–H and O–H groups in total. The number of fused-ring (bicyclic) bond motifs is 1. The number of nitrogens with one attached hydrogen (secondary N) is 1. The molecule has 0 aliphatic carbocycles. The molecule has 3 aromatic rings. The van der Waals surface area contributed by atoms with Crippen molar-refractivity contribution in [1.82, 2.24) is 4.98 Å². The SMILES string of the molecule is OCc1cc2ccc(OCc3ccccc3)cc2[nH]1. The van der Waals surface area contributed by atoms with E-state index in [1.165, 1.54) is 0 Å². The van der Waals surface area contributed by atoms with Crippen LogP contribution >= 0.6 is 0 Å². The van der Waals surface area contributed by atoms with Crippen molar-refractivity contribution in [2.24, 2.45) is 0 Å². The van der Waals surface area contributed by atoms with E-state index in [0.29, 0.717) is 6.61 Å². The number of H-pyrrole nitrogens is 1. The van der Waals surface area contributed by atoms with E-state index in [9.17, 15) is 0 Å². The fourth-order valence-corrected chi connectivity index (χ4v) is 2.08. The molecule has 1 aromatic heterocycles. The lowest BCUT2D eigenvalue weighted by Crippen LogP contribution is -1.94. The molecule has 0 atom stereocenters. The van der Waals surface area contributed by atoms with Crippen LogP contribution in [-0.4, -0.2) is 10.1 Å². The predicted molar refractivity (Wildman–Crippen MR) is 75.0 cm³/mol. The summed E-state index contributed by atoms with van der Waals surface area (Å²) in [5.74, 6) is 0.822. The van der Waals surface area contributed by atoms with Crippen LogP contribution in [0.5, 0.6) is 5.75 Å². The van der Waals surface area contributed by atoms with Gasteiger partial charge in [0.1, 0.15) is 12.4 Å². The Kier molecular flexibility index (Phi) is 3.21. The van der Waals surface area contributed by atoms with Crippen LogP contribution in [-0.2, 0) is 13.2 Å². The molecule has 0 radical (unpaired) electrons. The zero-order valence-corrected chi connectivity index (χ0v) is 10.5. The van der Waals surface area contributed by atoms with E-state index in [1.807, 2.05) is 54.6 Å². The van der Waals surface area contributed by atoms with E-state index in [0.717, 1.165) is 27.9 Å². The van der Waals surface area contributed by atoms with Gasteiger partial charge in [0.15, 0.2) is 0 Å². The average Bonchev–Trinajstić information content (AvgIpc) is 2.88. The molecule has 0 bridgehead atoms. The number of ether oxygens (including phenoxy) is 1. The van der Waals surface area contributed by atoms with Gasteiger partial charge in [-0.05, 0) is 23.8 Å². The number of aliphatic hydroxyl groups is 1. The number of aliphatic hydroxyl groups excluding tert-OH is 1. The molecule has 3 nitrogen and oxygen atoms in total. The molecule has 2 aromatic carbocycles. The minimum Gasteiger partial charge on any atom is -0.489 e. The summed E-state index contributed by atoms with van der Waals surface area (Å²) in [5.41, 5.74) is 2.94. The zero-order valence-electron chi connectivity index (χ0n) is 10.5. The lowest BCUT2D eigenvalue weighted by molar-refractivity contribution is 0.278. The van der Waals surface area contributed by atoms with Gasteiger partial charge in [-0.25, -0.2) is 0 Å². The molecule has 0 saturated carbocycles. The second-order valence-corrected chi connectivity index (χ2v) is 4.48. The highest BCUT2D eigenvalue weighted by Crippen LogP contribution is 2.22. The lowest BCUT2D eigenvalue weighted by Gasteiger charge is -2.06. The second kappa shape index (κ2) is 5.16. The molecule has 0 unspecified atom stereocenters. The van der Waals surface area contributed by atoms with Gasteiger partial charge in [-0.2, -0.15) is 0 Å². The third kappa shape index (κ3) is 2.61. The molecule has 0 spiro atoms. The topological polar surface area (TPSA) is 45.2 Å². The summed E-state index contributed by atoms with van der Waals surface area (Å²) < 4.78 is 5.76. The number of rotatable bonds is 4. The van der Waals surface area contributed by atoms with E-state index in [-0.39, 0.29) is 6.61 Å². The lowest BCUT2D eigenvalue weighted by atomic mass is 10.2. The Hall–Kier alpha value is -2.26. The molecule has 19 heavy (non-hydrogen) atoms. The Morgan fingerprint density at radius 2 is 1.84 bits per heavy atom. The smallest absolute Gasteiger partial charge is 0.121 e. The molecule has 3 heteroatoms. The van der Waals surface area contributed by atoms with Crippen molar-refractivity contribution in [2.75, 3.05) is 0 Å². The van der Waals surface area contributed by atoms with Crippen LogP contribution in [0.15, 0.2) is 54.6 Å². The number of benzene rings is 2. The third-order valence-corrected chi connectivity index (χ3v) is 3.07. The Balaban J connectivity index is 1.78. The minimum atomic E-state index is 0.0227. The Morgan fingerprint density at radius 1 is 1.00 bits per heavy atom. The van der Waals surface area contributed by atoms with Gasteiger partial charge in [0.2, 0.25) is 0 Å². The summed E-state index contributed by atoms with van der Waals surface area (Å²) in [6.45, 7) is 0.578. The van der Waals surface area contributed by atoms with Gasteiger partial charge < -0.3 is 14.8 Å². The average molecular weight is 253 g/mol. The summed E-state index contributed by atoms with van der Waals surface area (Å²) in [6.07, 6.45) is 0. The Bertz CT molecular complexity index is 674. The van der Waals surface area contributed by atoms with Crippen molar-refractivity contribution in [3.05, 3.63) is 65.9 Å². The molecule has 3 rings (SSSR count). The highest BCUT2D eigenvalue weighted by molar-refractivity contribution is 5.81. The van der Waals surface area contributed by atoms with Crippen LogP contribution in [0.1, 0.15) is 11.3 Å². The van der Waals surface area contributed by atoms with Gasteiger partial charge in [0, 0.05) is 22.7 Å². The number of aromatic amines is 1. The Morgan fingerprint density at radius 3 is 2.63 bits per heavy atom. The van der Waals surface area contributed by atoms with Crippen LogP contribution in [0, 0.1) is 0 Å². The monoisotopic (exact) mass is 253 g/mol. The highest BCUT2D eigenvalue weighted by Gasteiger charge is 2.02. The number of aromatic nitrogens is 1. The van der Waals surface area contributed by atoms with Gasteiger partial charge in [-0.15, -0.1) is 0 Å². The maximum Gasteiger partial charge on any atom is 0.121 e. The van der Waals surface area contributed by atoms with Crippen LogP contribution in [0.3, 0.4) is 0 Å². The largest absolute Gasteiger partial charge is 0.489 e. The van der Waals surface area contributed by atoms with E-state index in [4.69, 9.17) is 9.84 Å². The molecule has 0 amide bonds. The van der Waals surface area contributed by atoms with Gasteiger partial charge >= 0.3 is 0 Å². The molecular weight excluding hydrogens is 238 g/mol. The third-order valence-electron chi connectivity index (χ3n) is 3.07. The van der Waals surface area contributed by atoms with E-state index in [1.54, 1.807) is 0 Å². The van der Waals surface area contributed by atoms with Crippen molar-refractivity contribution >= 4 is 10.9 Å². The molecule has 1 heterocycles. The number of hydrogen-bond donors (Lipinski definition) is 2. The zero-order chi connectivity index (χ0) is 13.1. The molecule has 0 aliphatic heterocycles. The van der Waals surface area contributed by atoms with Crippen LogP contribution in [0.2, 0.25) is 0 Å². The summed E-state index contributed by atoms with van der Waals surface area (Å²) in [5, 5.41) is 10.2. The van der Waals surface area contributed by atoms with Crippen LogP contribution in [0.4, 0.5) is 0 Å². The first-order valence-corrected chi connectivity index (χ1v) is 6.24. The summed E-state index contributed by atoms with van der Waals surface area (Å²) in [6, 6.07) is 17.9. The van der Waals surface area contributed by atoms with Crippen molar-refractivity contribution in [3.8, 4) is 5.75 Å². The minimum absolute atomic E-state index is 0.0227. The Labute approximate surface area is 111 Å². The number of hydrogen-bond acceptors (Lipinski definition) is 2. The van der Waals surface area contributed by atoms with Crippen molar-refractivity contribution in [2.45, 2.75) is 13.2 Å². The summed E-state index contributed by atoms with van der Waals surface area (Å²) in [7, 11) is 0. The van der Waals surface area contributed by atoms with E-state index in [2.05, 4.69) is 4.98 Å². The second-order valence-electron chi connectivity index (χ2n) is 4.48. The first-order valence-electron chi connectivity index (χ1n) is 6.24. The summed E-state index contributed by atoms with van der Waals surface area (Å²) in [4.78, 5) is 3.15. The van der Waals surface area contributed by atoms with Crippen LogP contribution in [0.25, 0.3) is 10.9 Å². The predicted octanol–water partition coefficient (Wildman–Crippen LogP) is 3.24. The fraction of sp³-hybridized carbons (Fsp3) is 0.125.